The van der Waals surface area contributed by atoms with Crippen LogP contribution in [0.3, 0.4) is 0 Å². The summed E-state index contributed by atoms with van der Waals surface area (Å²) >= 11 is -4.48. The molecule has 0 aromatic rings. The van der Waals surface area contributed by atoms with Crippen molar-refractivity contribution in [3.8, 4) is 22.3 Å². The molecule has 3 heteroatoms. The van der Waals surface area contributed by atoms with E-state index in [0.717, 1.165) is 7.74 Å². The average molecular weight is 457 g/mol. The second-order valence-electron chi connectivity index (χ2n) is 8.23. The van der Waals surface area contributed by atoms with Gasteiger partial charge in [0.25, 0.3) is 0 Å². The van der Waals surface area contributed by atoms with Gasteiger partial charge in [-0.05, 0) is 0 Å². The monoisotopic (exact) mass is 456 g/mol. The van der Waals surface area contributed by atoms with Gasteiger partial charge in [-0.1, -0.05) is 0 Å². The summed E-state index contributed by atoms with van der Waals surface area (Å²) in [5, 5.41) is 0. The van der Waals surface area contributed by atoms with Crippen LogP contribution >= 0.6 is 18.6 Å². The van der Waals surface area contributed by atoms with Crippen molar-refractivity contribution in [1.82, 2.24) is 0 Å². The Morgan fingerprint density at radius 3 is 1.34 bits per heavy atom. The van der Waals surface area contributed by atoms with Crippen molar-refractivity contribution in [3.63, 3.8) is 0 Å². The summed E-state index contributed by atoms with van der Waals surface area (Å²) in [4.78, 5) is 0. The van der Waals surface area contributed by atoms with Crippen molar-refractivity contribution in [1.29, 1.82) is 0 Å². The first-order chi connectivity index (χ1) is 13.7. The molecule has 0 unspecified atom stereocenters. The molecule has 0 atom stereocenters. The van der Waals surface area contributed by atoms with Gasteiger partial charge in [0.1, 0.15) is 0 Å². The second-order valence-corrected chi connectivity index (χ2v) is 21.3. The normalized spacial score (nSPS) is 12.6. The zero-order chi connectivity index (χ0) is 21.0. The molecule has 29 heavy (non-hydrogen) atoms. The van der Waals surface area contributed by atoms with Gasteiger partial charge < -0.3 is 0 Å². The first kappa shape index (κ1) is 20.8. The van der Waals surface area contributed by atoms with Gasteiger partial charge >= 0.3 is 183 Å². The van der Waals surface area contributed by atoms with E-state index in [9.17, 15) is 0 Å². The third-order valence-electron chi connectivity index (χ3n) is 6.34. The van der Waals surface area contributed by atoms with Crippen LogP contribution in [0.5, 0.6) is 0 Å². The molecule has 0 bridgehead atoms. The number of halogens is 2. The molecule has 0 heterocycles. The summed E-state index contributed by atoms with van der Waals surface area (Å²) in [5.41, 5.74) is 9.66. The molecule has 0 fully saturated rings. The van der Waals surface area contributed by atoms with Crippen molar-refractivity contribution in [3.05, 3.63) is 82.9 Å². The van der Waals surface area contributed by atoms with Gasteiger partial charge in [-0.25, -0.2) is 0 Å². The van der Waals surface area contributed by atoms with Gasteiger partial charge in [0.2, 0.25) is 0 Å². The Balaban J connectivity index is 2.17. The summed E-state index contributed by atoms with van der Waals surface area (Å²) in [6.07, 6.45) is 0. The summed E-state index contributed by atoms with van der Waals surface area (Å²) in [7, 11) is 15.5. The van der Waals surface area contributed by atoms with Crippen LogP contribution < -0.4 is 7.74 Å². The maximum absolute atomic E-state index is 7.77. The minimum atomic E-state index is -4.48. The van der Waals surface area contributed by atoms with Crippen LogP contribution in [0.25, 0.3) is 22.3 Å². The van der Waals surface area contributed by atoms with E-state index in [1.807, 2.05) is 6.92 Å². The minimum absolute atomic E-state index is 1.14. The molecule has 4 aliphatic carbocycles. The number of aryl methyl sites for hydroxylation is 4. The standard InChI is InChI=1S/2C12H11.C2H4.2ClH.Ti/c2*1-9-7-11-6-4-3-5-10(2)12(11)8-9;1-2;;;/h2*3-6,8H,1-2H3;1H,2H3;2*1H;/q;;;;;+2/p-2. The van der Waals surface area contributed by atoms with E-state index in [1.165, 1.54) is 44.5 Å². The Hall–Kier alpha value is -1.44. The van der Waals surface area contributed by atoms with Gasteiger partial charge in [-0.3, -0.25) is 0 Å². The van der Waals surface area contributed by atoms with Gasteiger partial charge in [0, 0.05) is 0 Å². The Morgan fingerprint density at radius 1 is 0.586 bits per heavy atom. The van der Waals surface area contributed by atoms with E-state index in [2.05, 4.69) is 92.7 Å². The van der Waals surface area contributed by atoms with Crippen molar-refractivity contribution >= 4 is 30.7 Å². The fourth-order valence-electron chi connectivity index (χ4n) is 4.94. The molecule has 0 nitrogen and oxygen atoms in total. The average Bonchev–Trinajstić information content (AvgIpc) is 3.07. The molecule has 0 saturated heterocycles. The number of fused-ring (bicyclic) bond motifs is 2. The number of rotatable bonds is 2. The third kappa shape index (κ3) is 3.04. The molecule has 0 N–H and O–H groups in total. The van der Waals surface area contributed by atoms with Crippen LogP contribution in [0.4, 0.5) is 0 Å². The van der Waals surface area contributed by atoms with Crippen molar-refractivity contribution in [2.45, 2.75) is 34.6 Å². The van der Waals surface area contributed by atoms with Crippen LogP contribution in [-0.4, -0.2) is 4.31 Å². The molecular weight excluding hydrogens is 431 g/mol. The molecule has 0 aromatic heterocycles. The first-order valence-electron chi connectivity index (χ1n) is 10.1. The van der Waals surface area contributed by atoms with Crippen molar-refractivity contribution in [2.24, 2.45) is 0 Å². The van der Waals surface area contributed by atoms with Gasteiger partial charge in [0.05, 0.1) is 0 Å². The van der Waals surface area contributed by atoms with Gasteiger partial charge in [0.15, 0.2) is 0 Å². The van der Waals surface area contributed by atoms with Crippen molar-refractivity contribution < 1.29 is 12.7 Å². The molecular formula is C26H26Cl2Ti. The molecule has 148 valence electrons. The summed E-state index contributed by atoms with van der Waals surface area (Å²) in [5.74, 6) is 0. The van der Waals surface area contributed by atoms with Crippen LogP contribution in [0.1, 0.15) is 29.2 Å². The Labute approximate surface area is 182 Å². The summed E-state index contributed by atoms with van der Waals surface area (Å²) in [6, 6.07) is 21.5. The molecule has 0 aliphatic heterocycles. The van der Waals surface area contributed by atoms with E-state index in [1.54, 1.807) is 0 Å². The molecule has 4 rings (SSSR count). The van der Waals surface area contributed by atoms with E-state index >= 15 is 0 Å². The molecule has 0 aromatic carbocycles. The predicted octanol–water partition coefficient (Wildman–Crippen LogP) is 6.90. The SMILES string of the molecule is C[CH]=[Ti]([Cl])([Cl])([c]1c(C)cc2c(C)ccccc1-2)[c]1c(C)cc2c(C)ccccc1-2. The summed E-state index contributed by atoms with van der Waals surface area (Å²) in [6.45, 7) is 10.6. The van der Waals surface area contributed by atoms with E-state index in [0.29, 0.717) is 0 Å². The topological polar surface area (TPSA) is 0 Å². The molecule has 0 spiro atoms. The second kappa shape index (κ2) is 7.07. The Morgan fingerprint density at radius 2 is 0.966 bits per heavy atom. The quantitative estimate of drug-likeness (QED) is 0.287. The van der Waals surface area contributed by atoms with Crippen LogP contribution in [0, 0.1) is 27.7 Å². The van der Waals surface area contributed by atoms with E-state index in [-0.39, 0.29) is 0 Å². The maximum atomic E-state index is 7.77. The zero-order valence-electron chi connectivity index (χ0n) is 17.6. The number of hydrogen-bond acceptors (Lipinski definition) is 0. The van der Waals surface area contributed by atoms with Crippen LogP contribution in [0.2, 0.25) is 0 Å². The zero-order valence-corrected chi connectivity index (χ0v) is 20.7. The molecule has 0 radical (unpaired) electrons. The van der Waals surface area contributed by atoms with Crippen LogP contribution in [0.15, 0.2) is 60.7 Å². The van der Waals surface area contributed by atoms with E-state index < -0.39 is 12.7 Å². The van der Waals surface area contributed by atoms with Crippen molar-refractivity contribution in [2.75, 3.05) is 0 Å². The Bertz CT molecular complexity index is 1170. The molecule has 4 aliphatic rings. The fraction of sp³-hybridized carbons (Fsp3) is 0.192. The van der Waals surface area contributed by atoms with Gasteiger partial charge in [-0.15, -0.1) is 0 Å². The number of hydrogen-bond donors (Lipinski definition) is 0. The third-order valence-corrected chi connectivity index (χ3v) is 17.8. The fourth-order valence-corrected chi connectivity index (χ4v) is 15.1. The Kier molecular flexibility index (Phi) is 5.07. The first-order valence-corrected chi connectivity index (χ1v) is 16.8. The molecule has 0 amide bonds. The van der Waals surface area contributed by atoms with Gasteiger partial charge in [-0.2, -0.15) is 0 Å². The predicted molar refractivity (Wildman–Crippen MR) is 128 cm³/mol. The van der Waals surface area contributed by atoms with Crippen LogP contribution in [-0.2, 0) is 12.7 Å². The van der Waals surface area contributed by atoms with E-state index in [4.69, 9.17) is 18.6 Å². The summed E-state index contributed by atoms with van der Waals surface area (Å²) < 4.78 is 4.41. The molecule has 0 saturated carbocycles.